The van der Waals surface area contributed by atoms with E-state index >= 15 is 0 Å². The Hall–Kier alpha value is -0.710. The highest BCUT2D eigenvalue weighted by Gasteiger charge is 2.16. The zero-order valence-corrected chi connectivity index (χ0v) is 13.4. The van der Waals surface area contributed by atoms with Crippen LogP contribution in [0.4, 0.5) is 4.39 Å². The second-order valence-electron chi connectivity index (χ2n) is 4.46. The Balaban J connectivity index is 2.23. The van der Waals surface area contributed by atoms with Crippen LogP contribution in [0.5, 0.6) is 0 Å². The fourth-order valence-corrected chi connectivity index (χ4v) is 3.69. The van der Waals surface area contributed by atoms with Crippen molar-refractivity contribution in [2.45, 2.75) is 26.3 Å². The van der Waals surface area contributed by atoms with E-state index in [4.69, 9.17) is 0 Å². The van der Waals surface area contributed by atoms with Crippen LogP contribution >= 0.6 is 27.3 Å². The molecule has 1 heterocycles. The first-order valence-electron chi connectivity index (χ1n) is 6.34. The third-order valence-electron chi connectivity index (χ3n) is 3.05. The van der Waals surface area contributed by atoms with Crippen molar-refractivity contribution in [2.24, 2.45) is 0 Å². The van der Waals surface area contributed by atoms with E-state index in [0.717, 1.165) is 16.6 Å². The molecule has 0 saturated carbocycles. The lowest BCUT2D eigenvalue weighted by Gasteiger charge is -2.16. The Morgan fingerprint density at radius 1 is 1.37 bits per heavy atom. The molecule has 1 aromatic carbocycles. The van der Waals surface area contributed by atoms with Gasteiger partial charge in [0.2, 0.25) is 0 Å². The number of thiophene rings is 1. The summed E-state index contributed by atoms with van der Waals surface area (Å²) in [7, 11) is 0. The van der Waals surface area contributed by atoms with E-state index in [1.807, 2.05) is 12.1 Å². The molecular formula is C15H17BrFNS. The highest BCUT2D eigenvalue weighted by molar-refractivity contribution is 9.10. The first kappa shape index (κ1) is 14.7. The van der Waals surface area contributed by atoms with E-state index in [1.54, 1.807) is 17.4 Å². The molecule has 4 heteroatoms. The molecule has 2 aromatic rings. The summed E-state index contributed by atoms with van der Waals surface area (Å²) < 4.78 is 14.9. The molecule has 1 unspecified atom stereocenters. The Morgan fingerprint density at radius 2 is 2.11 bits per heavy atom. The maximum absolute atomic E-state index is 13.8. The number of benzene rings is 1. The lowest BCUT2D eigenvalue weighted by molar-refractivity contribution is 0.534. The molecular weight excluding hydrogens is 325 g/mol. The molecule has 0 bridgehead atoms. The maximum Gasteiger partial charge on any atom is 0.126 e. The molecule has 1 aromatic heterocycles. The molecule has 0 aliphatic rings. The van der Waals surface area contributed by atoms with E-state index in [0.29, 0.717) is 6.42 Å². The third kappa shape index (κ3) is 3.65. The van der Waals surface area contributed by atoms with Gasteiger partial charge in [0.05, 0.1) is 0 Å². The SMILES string of the molecule is CCNC(Cc1ccccc1F)c1cc(Br)c(C)s1. The molecule has 0 saturated heterocycles. The van der Waals surface area contributed by atoms with Crippen LogP contribution in [-0.4, -0.2) is 6.54 Å². The van der Waals surface area contributed by atoms with Crippen molar-refractivity contribution in [3.8, 4) is 0 Å². The highest BCUT2D eigenvalue weighted by Crippen LogP contribution is 2.32. The molecule has 1 N–H and O–H groups in total. The summed E-state index contributed by atoms with van der Waals surface area (Å²) in [4.78, 5) is 2.50. The van der Waals surface area contributed by atoms with Crippen LogP contribution in [0.1, 0.15) is 28.3 Å². The van der Waals surface area contributed by atoms with Crippen molar-refractivity contribution in [1.29, 1.82) is 0 Å². The molecule has 0 radical (unpaired) electrons. The largest absolute Gasteiger partial charge is 0.309 e. The van der Waals surface area contributed by atoms with Gasteiger partial charge in [0, 0.05) is 20.3 Å². The summed E-state index contributed by atoms with van der Waals surface area (Å²) in [6.45, 7) is 5.03. The molecule has 0 aliphatic carbocycles. The van der Waals surface area contributed by atoms with Crippen LogP contribution in [0, 0.1) is 12.7 Å². The molecule has 102 valence electrons. The second-order valence-corrected chi connectivity index (χ2v) is 6.60. The van der Waals surface area contributed by atoms with Crippen molar-refractivity contribution in [3.05, 3.63) is 55.9 Å². The lowest BCUT2D eigenvalue weighted by Crippen LogP contribution is -2.22. The number of rotatable bonds is 5. The van der Waals surface area contributed by atoms with Gasteiger partial charge in [-0.3, -0.25) is 0 Å². The average molecular weight is 342 g/mol. The molecule has 0 aliphatic heterocycles. The first-order chi connectivity index (χ1) is 9.11. The molecule has 1 nitrogen and oxygen atoms in total. The molecule has 2 rings (SSSR count). The van der Waals surface area contributed by atoms with Gasteiger partial charge >= 0.3 is 0 Å². The quantitative estimate of drug-likeness (QED) is 0.819. The van der Waals surface area contributed by atoms with Gasteiger partial charge in [-0.25, -0.2) is 4.39 Å². The minimum atomic E-state index is -0.127. The fourth-order valence-electron chi connectivity index (χ4n) is 2.06. The predicted octanol–water partition coefficient (Wildman–Crippen LogP) is 4.85. The number of aryl methyl sites for hydroxylation is 1. The van der Waals surface area contributed by atoms with Crippen LogP contribution in [0.2, 0.25) is 0 Å². The number of likely N-dealkylation sites (N-methyl/N-ethyl adjacent to an activating group) is 1. The molecule has 19 heavy (non-hydrogen) atoms. The minimum absolute atomic E-state index is 0.127. The zero-order chi connectivity index (χ0) is 13.8. The summed E-state index contributed by atoms with van der Waals surface area (Å²) >= 11 is 5.30. The van der Waals surface area contributed by atoms with Crippen LogP contribution < -0.4 is 5.32 Å². The highest BCUT2D eigenvalue weighted by atomic mass is 79.9. The second kappa shape index (κ2) is 6.64. The molecule has 1 atom stereocenters. The number of hydrogen-bond acceptors (Lipinski definition) is 2. The van der Waals surface area contributed by atoms with Crippen molar-refractivity contribution < 1.29 is 4.39 Å². The number of halogens is 2. The maximum atomic E-state index is 13.8. The Labute approximate surface area is 126 Å². The van der Waals surface area contributed by atoms with Gasteiger partial charge in [0.15, 0.2) is 0 Å². The van der Waals surface area contributed by atoms with E-state index < -0.39 is 0 Å². The summed E-state index contributed by atoms with van der Waals surface area (Å²) in [5.74, 6) is -0.127. The average Bonchev–Trinajstić information content (AvgIpc) is 2.72. The Bertz CT molecular complexity index is 533. The van der Waals surface area contributed by atoms with Crippen molar-refractivity contribution in [2.75, 3.05) is 6.54 Å². The van der Waals surface area contributed by atoms with Gasteiger partial charge < -0.3 is 5.32 Å². The van der Waals surface area contributed by atoms with Crippen LogP contribution in [0.3, 0.4) is 0 Å². The standard InChI is InChI=1S/C15H17BrFNS/c1-3-18-14(15-9-12(16)10(2)19-15)8-11-6-4-5-7-13(11)17/h4-7,9,14,18H,3,8H2,1-2H3. The lowest BCUT2D eigenvalue weighted by atomic mass is 10.0. The Kier molecular flexibility index (Phi) is 5.13. The van der Waals surface area contributed by atoms with E-state index in [1.165, 1.54) is 15.8 Å². The summed E-state index contributed by atoms with van der Waals surface area (Å²) in [5, 5.41) is 3.44. The van der Waals surface area contributed by atoms with Gasteiger partial charge in [0.1, 0.15) is 5.82 Å². The summed E-state index contributed by atoms with van der Waals surface area (Å²) in [6, 6.07) is 9.29. The number of hydrogen-bond donors (Lipinski definition) is 1. The van der Waals surface area contributed by atoms with Gasteiger partial charge in [-0.15, -0.1) is 11.3 Å². The van der Waals surface area contributed by atoms with E-state index in [-0.39, 0.29) is 11.9 Å². The minimum Gasteiger partial charge on any atom is -0.309 e. The summed E-state index contributed by atoms with van der Waals surface area (Å²) in [5.41, 5.74) is 0.760. The van der Waals surface area contributed by atoms with Crippen LogP contribution in [-0.2, 0) is 6.42 Å². The van der Waals surface area contributed by atoms with Gasteiger partial charge in [-0.2, -0.15) is 0 Å². The van der Waals surface area contributed by atoms with Crippen molar-refractivity contribution in [1.82, 2.24) is 5.32 Å². The fraction of sp³-hybridized carbons (Fsp3) is 0.333. The van der Waals surface area contributed by atoms with Gasteiger partial charge in [-0.05, 0) is 53.5 Å². The van der Waals surface area contributed by atoms with E-state index in [2.05, 4.69) is 41.2 Å². The molecule has 0 amide bonds. The smallest absolute Gasteiger partial charge is 0.126 e. The first-order valence-corrected chi connectivity index (χ1v) is 7.95. The van der Waals surface area contributed by atoms with Crippen molar-refractivity contribution >= 4 is 27.3 Å². The van der Waals surface area contributed by atoms with E-state index in [9.17, 15) is 4.39 Å². The van der Waals surface area contributed by atoms with Crippen molar-refractivity contribution in [3.63, 3.8) is 0 Å². The van der Waals surface area contributed by atoms with Crippen LogP contribution in [0.15, 0.2) is 34.8 Å². The molecule has 0 spiro atoms. The van der Waals surface area contributed by atoms with Gasteiger partial charge in [-0.1, -0.05) is 25.1 Å². The third-order valence-corrected chi connectivity index (χ3v) is 5.30. The summed E-state index contributed by atoms with van der Waals surface area (Å²) in [6.07, 6.45) is 0.674. The topological polar surface area (TPSA) is 12.0 Å². The normalized spacial score (nSPS) is 12.6. The Morgan fingerprint density at radius 3 is 2.68 bits per heavy atom. The number of nitrogens with one attached hydrogen (secondary N) is 1. The van der Waals surface area contributed by atoms with Gasteiger partial charge in [0.25, 0.3) is 0 Å². The van der Waals surface area contributed by atoms with Crippen LogP contribution in [0.25, 0.3) is 0 Å². The monoisotopic (exact) mass is 341 g/mol. The predicted molar refractivity (Wildman–Crippen MR) is 83.3 cm³/mol. The zero-order valence-electron chi connectivity index (χ0n) is 11.0. The molecule has 0 fully saturated rings.